The Kier molecular flexibility index (Phi) is 4.21. The predicted molar refractivity (Wildman–Crippen MR) is 70.7 cm³/mol. The number of hydrogen-bond acceptors (Lipinski definition) is 2. The molecule has 0 aliphatic heterocycles. The largest absolute Gasteiger partial charge is 0.337 e. The lowest BCUT2D eigenvalue weighted by Gasteiger charge is -2.09. The summed E-state index contributed by atoms with van der Waals surface area (Å²) in [4.78, 5) is 4.45. The molecule has 3 heteroatoms. The highest BCUT2D eigenvalue weighted by Gasteiger charge is 2.27. The highest BCUT2D eigenvalue weighted by molar-refractivity contribution is 4.96. The van der Waals surface area contributed by atoms with Crippen LogP contribution in [0.5, 0.6) is 0 Å². The van der Waals surface area contributed by atoms with Gasteiger partial charge >= 0.3 is 0 Å². The van der Waals surface area contributed by atoms with Crippen LogP contribution in [0.15, 0.2) is 12.5 Å². The van der Waals surface area contributed by atoms with Gasteiger partial charge in [-0.05, 0) is 37.1 Å². The Morgan fingerprint density at radius 3 is 2.82 bits per heavy atom. The molecule has 1 heterocycles. The first kappa shape index (κ1) is 12.6. The summed E-state index contributed by atoms with van der Waals surface area (Å²) in [6.45, 7) is 9.89. The molecule has 0 bridgehead atoms. The minimum Gasteiger partial charge on any atom is -0.337 e. The molecule has 1 N–H and O–H groups in total. The second kappa shape index (κ2) is 5.67. The lowest BCUT2D eigenvalue weighted by molar-refractivity contribution is 0.430. The van der Waals surface area contributed by atoms with Crippen molar-refractivity contribution in [2.75, 3.05) is 6.54 Å². The third-order valence-electron chi connectivity index (χ3n) is 3.47. The van der Waals surface area contributed by atoms with Crippen molar-refractivity contribution in [3.8, 4) is 0 Å². The SMILES string of the molecule is CC(C)CNCc1cn(CC(C)C2CC2)cn1. The van der Waals surface area contributed by atoms with Crippen LogP contribution in [0.1, 0.15) is 39.3 Å². The van der Waals surface area contributed by atoms with Gasteiger partial charge < -0.3 is 9.88 Å². The minimum atomic E-state index is 0.701. The van der Waals surface area contributed by atoms with Crippen LogP contribution in [0, 0.1) is 17.8 Å². The fourth-order valence-electron chi connectivity index (χ4n) is 2.23. The van der Waals surface area contributed by atoms with Crippen LogP contribution in [-0.4, -0.2) is 16.1 Å². The van der Waals surface area contributed by atoms with Crippen molar-refractivity contribution < 1.29 is 0 Å². The van der Waals surface area contributed by atoms with E-state index in [0.717, 1.165) is 37.2 Å². The van der Waals surface area contributed by atoms with Crippen molar-refractivity contribution in [3.05, 3.63) is 18.2 Å². The summed E-state index contributed by atoms with van der Waals surface area (Å²) in [5.41, 5.74) is 1.16. The van der Waals surface area contributed by atoms with Gasteiger partial charge in [0.05, 0.1) is 12.0 Å². The summed E-state index contributed by atoms with van der Waals surface area (Å²) in [6, 6.07) is 0. The average Bonchev–Trinajstić information content (AvgIpc) is 3.02. The first-order valence-corrected chi connectivity index (χ1v) is 6.86. The van der Waals surface area contributed by atoms with E-state index >= 15 is 0 Å². The fourth-order valence-corrected chi connectivity index (χ4v) is 2.23. The average molecular weight is 235 g/mol. The van der Waals surface area contributed by atoms with Crippen LogP contribution in [0.3, 0.4) is 0 Å². The van der Waals surface area contributed by atoms with Gasteiger partial charge in [0.1, 0.15) is 0 Å². The standard InChI is InChI=1S/C14H25N3/c1-11(2)6-15-7-14-9-17(10-16-14)8-12(3)13-4-5-13/h9-13,15H,4-8H2,1-3H3. The number of nitrogens with zero attached hydrogens (tertiary/aromatic N) is 2. The molecule has 1 fully saturated rings. The van der Waals surface area contributed by atoms with E-state index in [1.54, 1.807) is 0 Å². The Bertz CT molecular complexity index is 339. The maximum Gasteiger partial charge on any atom is 0.0950 e. The summed E-state index contributed by atoms with van der Waals surface area (Å²) in [7, 11) is 0. The molecule has 0 amide bonds. The van der Waals surface area contributed by atoms with Gasteiger partial charge in [0.15, 0.2) is 0 Å². The number of aromatic nitrogens is 2. The molecule has 1 atom stereocenters. The molecular weight excluding hydrogens is 210 g/mol. The van der Waals surface area contributed by atoms with Crippen LogP contribution in [-0.2, 0) is 13.1 Å². The molecule has 1 unspecified atom stereocenters. The summed E-state index contributed by atoms with van der Waals surface area (Å²) < 4.78 is 2.25. The number of rotatable bonds is 7. The molecule has 0 aromatic carbocycles. The first-order chi connectivity index (χ1) is 8.15. The van der Waals surface area contributed by atoms with Gasteiger partial charge in [0.25, 0.3) is 0 Å². The number of imidazole rings is 1. The molecule has 1 saturated carbocycles. The van der Waals surface area contributed by atoms with Crippen LogP contribution < -0.4 is 5.32 Å². The summed E-state index contributed by atoms with van der Waals surface area (Å²) >= 11 is 0. The zero-order chi connectivity index (χ0) is 12.3. The maximum atomic E-state index is 4.45. The van der Waals surface area contributed by atoms with Gasteiger partial charge in [-0.1, -0.05) is 20.8 Å². The fraction of sp³-hybridized carbons (Fsp3) is 0.786. The van der Waals surface area contributed by atoms with Gasteiger partial charge in [0.2, 0.25) is 0 Å². The van der Waals surface area contributed by atoms with E-state index in [9.17, 15) is 0 Å². The van der Waals surface area contributed by atoms with Crippen molar-refractivity contribution >= 4 is 0 Å². The van der Waals surface area contributed by atoms with Crippen molar-refractivity contribution in [2.45, 2.75) is 46.7 Å². The first-order valence-electron chi connectivity index (χ1n) is 6.86. The third-order valence-corrected chi connectivity index (χ3v) is 3.47. The Balaban J connectivity index is 1.74. The molecular formula is C14H25N3. The molecule has 0 radical (unpaired) electrons. The van der Waals surface area contributed by atoms with Gasteiger partial charge in [0, 0.05) is 19.3 Å². The third kappa shape index (κ3) is 4.15. The summed E-state index contributed by atoms with van der Waals surface area (Å²) in [6.07, 6.45) is 7.02. The van der Waals surface area contributed by atoms with Crippen LogP contribution in [0.4, 0.5) is 0 Å². The highest BCUT2D eigenvalue weighted by Crippen LogP contribution is 2.37. The molecule has 2 rings (SSSR count). The number of nitrogens with one attached hydrogen (secondary N) is 1. The smallest absolute Gasteiger partial charge is 0.0950 e. The summed E-state index contributed by atoms with van der Waals surface area (Å²) in [5, 5.41) is 3.43. The maximum absolute atomic E-state index is 4.45. The van der Waals surface area contributed by atoms with Crippen LogP contribution >= 0.6 is 0 Å². The molecule has 96 valence electrons. The Hall–Kier alpha value is -0.830. The molecule has 0 saturated heterocycles. The van der Waals surface area contributed by atoms with Gasteiger partial charge in [-0.15, -0.1) is 0 Å². The van der Waals surface area contributed by atoms with E-state index in [2.05, 4.69) is 41.8 Å². The van der Waals surface area contributed by atoms with Gasteiger partial charge in [-0.2, -0.15) is 0 Å². The molecule has 1 aromatic heterocycles. The Labute approximate surface area is 105 Å². The van der Waals surface area contributed by atoms with E-state index in [4.69, 9.17) is 0 Å². The second-order valence-electron chi connectivity index (χ2n) is 5.90. The molecule has 1 aliphatic carbocycles. The topological polar surface area (TPSA) is 29.9 Å². The zero-order valence-electron chi connectivity index (χ0n) is 11.3. The van der Waals surface area contributed by atoms with E-state index < -0.39 is 0 Å². The van der Waals surface area contributed by atoms with Crippen molar-refractivity contribution in [2.24, 2.45) is 17.8 Å². The lowest BCUT2D eigenvalue weighted by Crippen LogP contribution is -2.19. The van der Waals surface area contributed by atoms with Crippen molar-refractivity contribution in [1.82, 2.24) is 14.9 Å². The minimum absolute atomic E-state index is 0.701. The van der Waals surface area contributed by atoms with Crippen LogP contribution in [0.2, 0.25) is 0 Å². The lowest BCUT2D eigenvalue weighted by atomic mass is 10.1. The van der Waals surface area contributed by atoms with E-state index in [1.165, 1.54) is 12.8 Å². The molecule has 3 nitrogen and oxygen atoms in total. The number of hydrogen-bond donors (Lipinski definition) is 1. The van der Waals surface area contributed by atoms with Crippen molar-refractivity contribution in [3.63, 3.8) is 0 Å². The van der Waals surface area contributed by atoms with E-state index in [1.807, 2.05) is 6.33 Å². The second-order valence-corrected chi connectivity index (χ2v) is 5.90. The summed E-state index contributed by atoms with van der Waals surface area (Å²) in [5.74, 6) is 2.48. The quantitative estimate of drug-likeness (QED) is 0.787. The Morgan fingerprint density at radius 1 is 1.41 bits per heavy atom. The van der Waals surface area contributed by atoms with Gasteiger partial charge in [-0.25, -0.2) is 4.98 Å². The van der Waals surface area contributed by atoms with E-state index in [0.29, 0.717) is 5.92 Å². The molecule has 1 aliphatic rings. The highest BCUT2D eigenvalue weighted by atomic mass is 15.0. The molecule has 1 aromatic rings. The van der Waals surface area contributed by atoms with Gasteiger partial charge in [-0.3, -0.25) is 0 Å². The molecule has 0 spiro atoms. The predicted octanol–water partition coefficient (Wildman–Crippen LogP) is 2.67. The normalized spacial score (nSPS) is 17.6. The van der Waals surface area contributed by atoms with E-state index in [-0.39, 0.29) is 0 Å². The molecule has 17 heavy (non-hydrogen) atoms. The Morgan fingerprint density at radius 2 is 2.18 bits per heavy atom. The monoisotopic (exact) mass is 235 g/mol. The van der Waals surface area contributed by atoms with Crippen molar-refractivity contribution in [1.29, 1.82) is 0 Å². The zero-order valence-corrected chi connectivity index (χ0v) is 11.3. The van der Waals surface area contributed by atoms with Crippen LogP contribution in [0.25, 0.3) is 0 Å².